The first-order valence-electron chi connectivity index (χ1n) is 9.16. The first kappa shape index (κ1) is 22.8. The number of alkyl halides is 4. The van der Waals surface area contributed by atoms with Gasteiger partial charge in [0.05, 0.1) is 22.2 Å². The van der Waals surface area contributed by atoms with Gasteiger partial charge in [-0.2, -0.15) is 13.2 Å². The number of rotatable bonds is 4. The molecule has 1 aromatic carbocycles. The highest BCUT2D eigenvalue weighted by Crippen LogP contribution is 2.41. The summed E-state index contributed by atoms with van der Waals surface area (Å²) in [5.74, 6) is -0.994. The molecule has 0 bridgehead atoms. The molecule has 2 N–H and O–H groups in total. The van der Waals surface area contributed by atoms with E-state index in [9.17, 15) is 27.5 Å². The molecule has 0 spiro atoms. The first-order chi connectivity index (χ1) is 14.0. The summed E-state index contributed by atoms with van der Waals surface area (Å²) in [6, 6.07) is 5.95. The molecule has 4 nitrogen and oxygen atoms in total. The number of nitrogens with one attached hydrogen (secondary N) is 1. The summed E-state index contributed by atoms with van der Waals surface area (Å²) in [6.45, 7) is 0. The largest absolute Gasteiger partial charge is 0.417 e. The molecule has 1 amide bonds. The van der Waals surface area contributed by atoms with Crippen LogP contribution in [0.1, 0.15) is 53.3 Å². The standard InChI is InChI=1S/C20H18Cl2F4N2O2/c21-12-3-1-2-11(10-12)17(19(30)7-4-13(23)5-8-19)28-18(29)16-15(22)14(6-9-27-16)20(24,25)26/h1-3,6,9-10,13,17,30H,4-5,7-8H2,(H,28,29)/t13-,17-,19-/m0/s1. The summed E-state index contributed by atoms with van der Waals surface area (Å²) in [5.41, 5.74) is -2.91. The van der Waals surface area contributed by atoms with E-state index in [4.69, 9.17) is 23.2 Å². The van der Waals surface area contributed by atoms with E-state index < -0.39 is 46.2 Å². The number of hydrogen-bond donors (Lipinski definition) is 2. The zero-order chi connectivity index (χ0) is 22.1. The van der Waals surface area contributed by atoms with Gasteiger partial charge in [-0.3, -0.25) is 4.79 Å². The lowest BCUT2D eigenvalue weighted by atomic mass is 9.76. The van der Waals surface area contributed by atoms with Gasteiger partial charge < -0.3 is 10.4 Å². The second-order valence-corrected chi connectivity index (χ2v) is 8.07. The number of halogens is 6. The van der Waals surface area contributed by atoms with E-state index in [0.29, 0.717) is 16.7 Å². The Hall–Kier alpha value is -1.90. The van der Waals surface area contributed by atoms with Crippen molar-refractivity contribution < 1.29 is 27.5 Å². The van der Waals surface area contributed by atoms with Crippen molar-refractivity contribution in [3.05, 3.63) is 63.4 Å². The number of carbonyl (C=O) groups is 1. The van der Waals surface area contributed by atoms with E-state index in [1.54, 1.807) is 18.2 Å². The van der Waals surface area contributed by atoms with Crippen LogP contribution < -0.4 is 5.32 Å². The predicted molar refractivity (Wildman–Crippen MR) is 104 cm³/mol. The Labute approximate surface area is 180 Å². The molecule has 3 rings (SSSR count). The molecule has 1 atom stereocenters. The molecule has 0 radical (unpaired) electrons. The van der Waals surface area contributed by atoms with Crippen molar-refractivity contribution in [3.63, 3.8) is 0 Å². The maximum absolute atomic E-state index is 13.6. The Bertz CT molecular complexity index is 931. The molecular weight excluding hydrogens is 447 g/mol. The number of nitrogens with zero attached hydrogens (tertiary/aromatic N) is 1. The number of aromatic nitrogens is 1. The number of benzene rings is 1. The summed E-state index contributed by atoms with van der Waals surface area (Å²) in [4.78, 5) is 16.5. The van der Waals surface area contributed by atoms with Crippen LogP contribution in [0, 0.1) is 0 Å². The minimum absolute atomic E-state index is 0.0510. The third kappa shape index (κ3) is 4.87. The molecule has 1 aliphatic rings. The third-order valence-corrected chi connectivity index (χ3v) is 5.80. The third-order valence-electron chi connectivity index (χ3n) is 5.19. The van der Waals surface area contributed by atoms with Gasteiger partial charge in [-0.15, -0.1) is 0 Å². The molecule has 0 unspecified atom stereocenters. The van der Waals surface area contributed by atoms with Gasteiger partial charge in [0.2, 0.25) is 0 Å². The van der Waals surface area contributed by atoms with E-state index in [1.807, 2.05) is 0 Å². The van der Waals surface area contributed by atoms with Crippen molar-refractivity contribution in [3.8, 4) is 0 Å². The van der Waals surface area contributed by atoms with E-state index in [-0.39, 0.29) is 25.7 Å². The molecule has 10 heteroatoms. The van der Waals surface area contributed by atoms with Crippen molar-refractivity contribution in [2.24, 2.45) is 0 Å². The number of amides is 1. The molecule has 0 aliphatic heterocycles. The van der Waals surface area contributed by atoms with Crippen molar-refractivity contribution in [1.82, 2.24) is 10.3 Å². The smallest absolute Gasteiger partial charge is 0.387 e. The van der Waals surface area contributed by atoms with Gasteiger partial charge in [0.15, 0.2) is 0 Å². The molecule has 1 heterocycles. The molecule has 1 aromatic heterocycles. The van der Waals surface area contributed by atoms with Gasteiger partial charge in [0.25, 0.3) is 5.91 Å². The Morgan fingerprint density at radius 2 is 1.90 bits per heavy atom. The van der Waals surface area contributed by atoms with Crippen LogP contribution in [-0.2, 0) is 6.18 Å². The van der Waals surface area contributed by atoms with E-state index >= 15 is 0 Å². The normalized spacial score (nSPS) is 23.1. The van der Waals surface area contributed by atoms with Gasteiger partial charge in [-0.05, 0) is 49.4 Å². The molecule has 2 aromatic rings. The average Bonchev–Trinajstić information content (AvgIpc) is 2.67. The number of pyridine rings is 1. The lowest BCUT2D eigenvalue weighted by molar-refractivity contribution is -0.137. The quantitative estimate of drug-likeness (QED) is 0.585. The van der Waals surface area contributed by atoms with Crippen molar-refractivity contribution in [2.75, 3.05) is 0 Å². The van der Waals surface area contributed by atoms with Crippen LogP contribution in [0.4, 0.5) is 17.6 Å². The van der Waals surface area contributed by atoms with E-state index in [0.717, 1.165) is 6.20 Å². The zero-order valence-electron chi connectivity index (χ0n) is 15.5. The molecule has 0 saturated heterocycles. The summed E-state index contributed by atoms with van der Waals surface area (Å²) >= 11 is 11.8. The summed E-state index contributed by atoms with van der Waals surface area (Å²) in [7, 11) is 0. The van der Waals surface area contributed by atoms with Crippen molar-refractivity contribution in [1.29, 1.82) is 0 Å². The van der Waals surface area contributed by atoms with Gasteiger partial charge in [0.1, 0.15) is 11.9 Å². The summed E-state index contributed by atoms with van der Waals surface area (Å²) in [6.07, 6.45) is -4.72. The van der Waals surface area contributed by atoms with Gasteiger partial charge in [0, 0.05) is 11.2 Å². The van der Waals surface area contributed by atoms with Crippen LogP contribution >= 0.6 is 23.2 Å². The number of aliphatic hydroxyl groups is 1. The average molecular weight is 465 g/mol. The number of carbonyl (C=O) groups excluding carboxylic acids is 1. The minimum Gasteiger partial charge on any atom is -0.387 e. The van der Waals surface area contributed by atoms with Crippen LogP contribution in [0.3, 0.4) is 0 Å². The van der Waals surface area contributed by atoms with Gasteiger partial charge in [-0.1, -0.05) is 35.3 Å². The van der Waals surface area contributed by atoms with Crippen molar-refractivity contribution in [2.45, 2.75) is 49.7 Å². The Kier molecular flexibility index (Phi) is 6.60. The predicted octanol–water partition coefficient (Wildman–Crippen LogP) is 5.52. The molecule has 30 heavy (non-hydrogen) atoms. The molecular formula is C20H18Cl2F4N2O2. The fourth-order valence-corrected chi connectivity index (χ4v) is 4.11. The Balaban J connectivity index is 1.97. The summed E-state index contributed by atoms with van der Waals surface area (Å²) < 4.78 is 53.0. The molecule has 1 aliphatic carbocycles. The van der Waals surface area contributed by atoms with Crippen molar-refractivity contribution >= 4 is 29.1 Å². The Morgan fingerprint density at radius 1 is 1.23 bits per heavy atom. The fraction of sp³-hybridized carbons (Fsp3) is 0.400. The van der Waals surface area contributed by atoms with Crippen LogP contribution in [-0.4, -0.2) is 27.8 Å². The lowest BCUT2D eigenvalue weighted by Crippen LogP contribution is -2.48. The van der Waals surface area contributed by atoms with E-state index in [1.165, 1.54) is 6.07 Å². The SMILES string of the molecule is O=C(N[C@@H](c1cccc(Cl)c1)[C@]1(O)CC[C@H](F)CC1)c1nccc(C(F)(F)F)c1Cl. The van der Waals surface area contributed by atoms with Gasteiger partial charge in [-0.25, -0.2) is 9.37 Å². The van der Waals surface area contributed by atoms with Crippen LogP contribution in [0.2, 0.25) is 10.0 Å². The second-order valence-electron chi connectivity index (χ2n) is 7.26. The second kappa shape index (κ2) is 8.69. The Morgan fingerprint density at radius 3 is 2.50 bits per heavy atom. The highest BCUT2D eigenvalue weighted by molar-refractivity contribution is 6.34. The zero-order valence-corrected chi connectivity index (χ0v) is 17.0. The fourth-order valence-electron chi connectivity index (χ4n) is 3.61. The first-order valence-corrected chi connectivity index (χ1v) is 9.91. The molecule has 1 saturated carbocycles. The highest BCUT2D eigenvalue weighted by atomic mass is 35.5. The van der Waals surface area contributed by atoms with Gasteiger partial charge >= 0.3 is 6.18 Å². The van der Waals surface area contributed by atoms with Crippen LogP contribution in [0.5, 0.6) is 0 Å². The maximum atomic E-state index is 13.6. The summed E-state index contributed by atoms with van der Waals surface area (Å²) in [5, 5.41) is 13.2. The topological polar surface area (TPSA) is 62.2 Å². The van der Waals surface area contributed by atoms with E-state index in [2.05, 4.69) is 10.3 Å². The van der Waals surface area contributed by atoms with Crippen LogP contribution in [0.25, 0.3) is 0 Å². The number of hydrogen-bond acceptors (Lipinski definition) is 3. The lowest BCUT2D eigenvalue weighted by Gasteiger charge is -2.40. The monoisotopic (exact) mass is 464 g/mol. The maximum Gasteiger partial charge on any atom is 0.417 e. The molecule has 162 valence electrons. The van der Waals surface area contributed by atoms with Crippen LogP contribution in [0.15, 0.2) is 36.5 Å². The molecule has 1 fully saturated rings. The minimum atomic E-state index is -4.76. The highest BCUT2D eigenvalue weighted by Gasteiger charge is 2.43.